The van der Waals surface area contributed by atoms with E-state index in [9.17, 15) is 14.4 Å². The summed E-state index contributed by atoms with van der Waals surface area (Å²) in [6, 6.07) is -0.743. The molecule has 0 aliphatic rings. The van der Waals surface area contributed by atoms with E-state index in [1.807, 2.05) is 19.2 Å². The quantitative estimate of drug-likeness (QED) is 0.727. The van der Waals surface area contributed by atoms with Gasteiger partial charge < -0.3 is 5.11 Å². The van der Waals surface area contributed by atoms with Crippen molar-refractivity contribution < 1.29 is 19.5 Å². The SMILES string of the molecule is CC(C)Cc1nnc(NC(=O)NC(=O)CCC(=O)O)s1. The summed E-state index contributed by atoms with van der Waals surface area (Å²) in [7, 11) is 0. The van der Waals surface area contributed by atoms with Crippen LogP contribution in [0.25, 0.3) is 0 Å². The van der Waals surface area contributed by atoms with E-state index < -0.39 is 17.9 Å². The topological polar surface area (TPSA) is 121 Å². The van der Waals surface area contributed by atoms with Gasteiger partial charge in [-0.3, -0.25) is 20.2 Å². The van der Waals surface area contributed by atoms with E-state index in [0.717, 1.165) is 11.4 Å². The lowest BCUT2D eigenvalue weighted by Gasteiger charge is -2.02. The summed E-state index contributed by atoms with van der Waals surface area (Å²) >= 11 is 1.24. The highest BCUT2D eigenvalue weighted by Crippen LogP contribution is 2.17. The van der Waals surface area contributed by atoms with Crippen LogP contribution >= 0.6 is 11.3 Å². The van der Waals surface area contributed by atoms with Crippen LogP contribution in [0.3, 0.4) is 0 Å². The van der Waals surface area contributed by atoms with Crippen molar-refractivity contribution in [1.29, 1.82) is 0 Å². The summed E-state index contributed by atoms with van der Waals surface area (Å²) in [4.78, 5) is 33.0. The van der Waals surface area contributed by atoms with Crippen LogP contribution in [-0.4, -0.2) is 33.2 Å². The predicted molar refractivity (Wildman–Crippen MR) is 72.5 cm³/mol. The van der Waals surface area contributed by atoms with Crippen LogP contribution in [-0.2, 0) is 16.0 Å². The van der Waals surface area contributed by atoms with E-state index >= 15 is 0 Å². The first-order valence-electron chi connectivity index (χ1n) is 6.02. The Kier molecular flexibility index (Phi) is 6.04. The zero-order chi connectivity index (χ0) is 15.1. The number of anilines is 1. The Morgan fingerprint density at radius 2 is 1.95 bits per heavy atom. The van der Waals surface area contributed by atoms with Crippen LogP contribution in [0.15, 0.2) is 0 Å². The number of hydrogen-bond donors (Lipinski definition) is 3. The number of urea groups is 1. The molecule has 0 spiro atoms. The number of carboxylic acids is 1. The van der Waals surface area contributed by atoms with Gasteiger partial charge in [-0.2, -0.15) is 0 Å². The number of nitrogens with zero attached hydrogens (tertiary/aromatic N) is 2. The highest BCUT2D eigenvalue weighted by molar-refractivity contribution is 7.15. The van der Waals surface area contributed by atoms with Gasteiger partial charge in [0.25, 0.3) is 0 Å². The van der Waals surface area contributed by atoms with Crippen LogP contribution in [0.4, 0.5) is 9.93 Å². The number of amides is 3. The first-order valence-corrected chi connectivity index (χ1v) is 6.83. The summed E-state index contributed by atoms with van der Waals surface area (Å²) in [5.41, 5.74) is 0. The molecule has 20 heavy (non-hydrogen) atoms. The Balaban J connectivity index is 2.40. The van der Waals surface area contributed by atoms with Crippen LogP contribution in [0, 0.1) is 5.92 Å². The molecule has 1 heterocycles. The van der Waals surface area contributed by atoms with Gasteiger partial charge in [0.1, 0.15) is 5.01 Å². The normalized spacial score (nSPS) is 10.3. The van der Waals surface area contributed by atoms with Gasteiger partial charge in [-0.25, -0.2) is 4.79 Å². The van der Waals surface area contributed by atoms with Crippen LogP contribution in [0.5, 0.6) is 0 Å². The fourth-order valence-electron chi connectivity index (χ4n) is 1.27. The molecule has 3 amide bonds. The Hall–Kier alpha value is -2.03. The summed E-state index contributed by atoms with van der Waals surface area (Å²) in [6.07, 6.45) is 0.187. The Morgan fingerprint density at radius 1 is 1.25 bits per heavy atom. The monoisotopic (exact) mass is 300 g/mol. The van der Waals surface area contributed by atoms with Crippen LogP contribution in [0.2, 0.25) is 0 Å². The number of aliphatic carboxylic acids is 1. The average molecular weight is 300 g/mol. The maximum Gasteiger partial charge on any atom is 0.327 e. The van der Waals surface area contributed by atoms with Crippen molar-refractivity contribution in [1.82, 2.24) is 15.5 Å². The van der Waals surface area contributed by atoms with Gasteiger partial charge in [0.05, 0.1) is 6.42 Å². The number of imide groups is 1. The molecule has 0 aromatic carbocycles. The molecule has 0 radical (unpaired) electrons. The number of carbonyl (C=O) groups is 3. The van der Waals surface area contributed by atoms with Crippen LogP contribution < -0.4 is 10.6 Å². The van der Waals surface area contributed by atoms with Gasteiger partial charge in [-0.15, -0.1) is 10.2 Å². The van der Waals surface area contributed by atoms with Crippen molar-refractivity contribution in [2.75, 3.05) is 5.32 Å². The third kappa shape index (κ3) is 6.23. The van der Waals surface area contributed by atoms with E-state index in [4.69, 9.17) is 5.11 Å². The van der Waals surface area contributed by atoms with Crippen molar-refractivity contribution in [2.24, 2.45) is 5.92 Å². The zero-order valence-electron chi connectivity index (χ0n) is 11.2. The lowest BCUT2D eigenvalue weighted by atomic mass is 10.1. The number of carbonyl (C=O) groups excluding carboxylic acids is 2. The van der Waals surface area contributed by atoms with E-state index in [2.05, 4.69) is 15.5 Å². The molecule has 1 rings (SSSR count). The van der Waals surface area contributed by atoms with Crippen molar-refractivity contribution in [3.05, 3.63) is 5.01 Å². The second-order valence-electron chi connectivity index (χ2n) is 4.49. The molecule has 0 saturated heterocycles. The minimum Gasteiger partial charge on any atom is -0.481 e. The standard InChI is InChI=1S/C11H16N4O4S/c1-6(2)5-8-14-15-11(20-8)13-10(19)12-7(16)3-4-9(17)18/h6H,3-5H2,1-2H3,(H,17,18)(H2,12,13,15,16,19). The molecule has 0 bridgehead atoms. The first-order chi connectivity index (χ1) is 9.36. The third-order valence-electron chi connectivity index (χ3n) is 2.09. The highest BCUT2D eigenvalue weighted by Gasteiger charge is 2.12. The molecule has 3 N–H and O–H groups in total. The minimum atomic E-state index is -1.09. The van der Waals surface area contributed by atoms with E-state index in [1.54, 1.807) is 0 Å². The predicted octanol–water partition coefficient (Wildman–Crippen LogP) is 1.25. The lowest BCUT2D eigenvalue weighted by molar-refractivity contribution is -0.138. The molecule has 0 atom stereocenters. The molecule has 1 aromatic rings. The largest absolute Gasteiger partial charge is 0.481 e. The van der Waals surface area contributed by atoms with Gasteiger partial charge in [0.15, 0.2) is 0 Å². The molecule has 0 aliphatic heterocycles. The van der Waals surface area contributed by atoms with E-state index in [-0.39, 0.29) is 12.8 Å². The molecular formula is C11H16N4O4S. The second kappa shape index (κ2) is 7.53. The number of nitrogens with one attached hydrogen (secondary N) is 2. The molecule has 9 heteroatoms. The number of hydrogen-bond acceptors (Lipinski definition) is 6. The number of carboxylic acid groups (broad SMARTS) is 1. The number of rotatable bonds is 6. The molecule has 0 unspecified atom stereocenters. The van der Waals surface area contributed by atoms with Crippen molar-refractivity contribution >= 4 is 34.4 Å². The summed E-state index contributed by atoms with van der Waals surface area (Å²) in [5, 5.41) is 21.6. The van der Waals surface area contributed by atoms with Crippen molar-refractivity contribution in [3.63, 3.8) is 0 Å². The highest BCUT2D eigenvalue weighted by atomic mass is 32.1. The first kappa shape index (κ1) is 16.0. The van der Waals surface area contributed by atoms with E-state index in [1.165, 1.54) is 11.3 Å². The number of aromatic nitrogens is 2. The molecule has 8 nitrogen and oxygen atoms in total. The fraction of sp³-hybridized carbons (Fsp3) is 0.545. The maximum absolute atomic E-state index is 11.4. The van der Waals surface area contributed by atoms with Gasteiger partial charge in [-0.1, -0.05) is 25.2 Å². The van der Waals surface area contributed by atoms with E-state index in [0.29, 0.717) is 11.0 Å². The van der Waals surface area contributed by atoms with Gasteiger partial charge in [-0.05, 0) is 5.92 Å². The molecule has 0 saturated carbocycles. The Bertz CT molecular complexity index is 500. The smallest absolute Gasteiger partial charge is 0.327 e. The van der Waals surface area contributed by atoms with Gasteiger partial charge in [0.2, 0.25) is 11.0 Å². The minimum absolute atomic E-state index is 0.253. The summed E-state index contributed by atoms with van der Waals surface area (Å²) < 4.78 is 0. The van der Waals surface area contributed by atoms with Gasteiger partial charge >= 0.3 is 12.0 Å². The molecule has 0 aliphatic carbocycles. The Labute approximate surface area is 119 Å². The van der Waals surface area contributed by atoms with Crippen molar-refractivity contribution in [2.45, 2.75) is 33.1 Å². The molecular weight excluding hydrogens is 284 g/mol. The summed E-state index contributed by atoms with van der Waals surface area (Å²) in [6.45, 7) is 4.09. The Morgan fingerprint density at radius 3 is 2.55 bits per heavy atom. The van der Waals surface area contributed by atoms with Gasteiger partial charge in [0, 0.05) is 12.8 Å². The second-order valence-corrected chi connectivity index (χ2v) is 5.56. The summed E-state index contributed by atoms with van der Waals surface area (Å²) in [5.74, 6) is -1.32. The average Bonchev–Trinajstić information content (AvgIpc) is 2.72. The van der Waals surface area contributed by atoms with Crippen molar-refractivity contribution in [3.8, 4) is 0 Å². The molecule has 1 aromatic heterocycles. The fourth-order valence-corrected chi connectivity index (χ4v) is 2.22. The maximum atomic E-state index is 11.4. The third-order valence-corrected chi connectivity index (χ3v) is 2.95. The van der Waals surface area contributed by atoms with Crippen LogP contribution in [0.1, 0.15) is 31.7 Å². The molecule has 0 fully saturated rings. The molecule has 110 valence electrons. The lowest BCUT2D eigenvalue weighted by Crippen LogP contribution is -2.34. The zero-order valence-corrected chi connectivity index (χ0v) is 12.0.